The van der Waals surface area contributed by atoms with Gasteiger partial charge in [-0.25, -0.2) is 0 Å². The molecule has 2 aliphatic rings. The Balaban J connectivity index is 1.57. The molecule has 1 amide bonds. The second-order valence-electron chi connectivity index (χ2n) is 6.53. The average Bonchev–Trinajstić information content (AvgIpc) is 2.92. The molecule has 4 heteroatoms. The van der Waals surface area contributed by atoms with Crippen molar-refractivity contribution < 1.29 is 14.3 Å². The van der Waals surface area contributed by atoms with E-state index in [0.29, 0.717) is 17.6 Å². The molecule has 2 aliphatic carbocycles. The van der Waals surface area contributed by atoms with Crippen LogP contribution in [0.4, 0.5) is 0 Å². The molecule has 4 nitrogen and oxygen atoms in total. The monoisotopic (exact) mass is 289 g/mol. The van der Waals surface area contributed by atoms with Crippen molar-refractivity contribution in [1.29, 1.82) is 0 Å². The topological polar surface area (TPSA) is 62.5 Å². The van der Waals surface area contributed by atoms with E-state index in [1.165, 1.54) is 12.5 Å². The zero-order valence-electron chi connectivity index (χ0n) is 12.5. The van der Waals surface area contributed by atoms with Crippen LogP contribution in [0.5, 0.6) is 0 Å². The summed E-state index contributed by atoms with van der Waals surface area (Å²) in [5, 5.41) is 12.4. The maximum Gasteiger partial charge on any atom is 0.244 e. The maximum atomic E-state index is 12.0. The first kappa shape index (κ1) is 14.4. The van der Waals surface area contributed by atoms with E-state index in [-0.39, 0.29) is 12.5 Å². The summed E-state index contributed by atoms with van der Waals surface area (Å²) in [5.41, 5.74) is -0.417. The Hall–Kier alpha value is -1.55. The third-order valence-corrected chi connectivity index (χ3v) is 4.77. The van der Waals surface area contributed by atoms with Crippen molar-refractivity contribution in [2.24, 2.45) is 5.92 Å². The fraction of sp³-hybridized carbons (Fsp3) is 0.588. The molecule has 0 spiro atoms. The molecule has 1 heterocycles. The number of hydrogen-bond donors (Lipinski definition) is 2. The number of carbonyl (C=O) groups is 1. The van der Waals surface area contributed by atoms with Gasteiger partial charge in [-0.1, -0.05) is 19.8 Å². The smallest absolute Gasteiger partial charge is 0.244 e. The van der Waals surface area contributed by atoms with E-state index in [2.05, 4.69) is 12.2 Å². The van der Waals surface area contributed by atoms with Crippen LogP contribution in [-0.4, -0.2) is 23.2 Å². The molecule has 114 valence electrons. The van der Waals surface area contributed by atoms with Gasteiger partial charge in [-0.2, -0.15) is 0 Å². The molecule has 0 aliphatic heterocycles. The number of aliphatic hydroxyl groups excluding tert-OH is 1. The molecule has 0 radical (unpaired) electrons. The lowest BCUT2D eigenvalue weighted by Crippen LogP contribution is -2.48. The van der Waals surface area contributed by atoms with Gasteiger partial charge >= 0.3 is 0 Å². The van der Waals surface area contributed by atoms with E-state index in [1.807, 2.05) is 12.1 Å². The minimum atomic E-state index is -0.417. The zero-order chi connectivity index (χ0) is 14.9. The molecule has 21 heavy (non-hydrogen) atoms. The fourth-order valence-electron chi connectivity index (χ4n) is 3.21. The van der Waals surface area contributed by atoms with Crippen LogP contribution in [0, 0.1) is 5.92 Å². The summed E-state index contributed by atoms with van der Waals surface area (Å²) >= 11 is 0. The van der Waals surface area contributed by atoms with Crippen molar-refractivity contribution in [2.75, 3.05) is 6.61 Å². The Morgan fingerprint density at radius 3 is 2.81 bits per heavy atom. The van der Waals surface area contributed by atoms with Crippen molar-refractivity contribution in [3.63, 3.8) is 0 Å². The summed E-state index contributed by atoms with van der Waals surface area (Å²) in [6.45, 7) is 2.23. The van der Waals surface area contributed by atoms with Crippen LogP contribution in [0.15, 0.2) is 22.6 Å². The van der Waals surface area contributed by atoms with Gasteiger partial charge in [0.05, 0.1) is 12.1 Å². The van der Waals surface area contributed by atoms with Crippen molar-refractivity contribution >= 4 is 12.0 Å². The van der Waals surface area contributed by atoms with Gasteiger partial charge in [0.1, 0.15) is 11.5 Å². The molecule has 0 bridgehead atoms. The molecule has 1 aromatic rings. The van der Waals surface area contributed by atoms with Crippen LogP contribution >= 0.6 is 0 Å². The number of carbonyl (C=O) groups excluding carboxylic acids is 1. The van der Waals surface area contributed by atoms with E-state index < -0.39 is 5.54 Å². The van der Waals surface area contributed by atoms with E-state index in [0.717, 1.165) is 31.4 Å². The van der Waals surface area contributed by atoms with Crippen LogP contribution in [0.2, 0.25) is 0 Å². The van der Waals surface area contributed by atoms with Crippen molar-refractivity contribution in [3.8, 4) is 0 Å². The number of furan rings is 1. The number of amides is 1. The highest BCUT2D eigenvalue weighted by molar-refractivity contribution is 5.91. The first-order valence-corrected chi connectivity index (χ1v) is 7.83. The van der Waals surface area contributed by atoms with Gasteiger partial charge in [-0.15, -0.1) is 0 Å². The molecule has 0 aromatic carbocycles. The van der Waals surface area contributed by atoms with Gasteiger partial charge in [0, 0.05) is 12.0 Å². The predicted octanol–water partition coefficient (Wildman–Crippen LogP) is 2.84. The van der Waals surface area contributed by atoms with Gasteiger partial charge in [0.2, 0.25) is 5.91 Å². The second-order valence-corrected chi connectivity index (χ2v) is 6.53. The SMILES string of the molecule is CC1CC1c1ccc(C=CC(=O)NC2(CO)CCCC2)o1. The number of hydrogen-bond acceptors (Lipinski definition) is 3. The minimum absolute atomic E-state index is 0.0110. The Bertz CT molecular complexity index is 540. The van der Waals surface area contributed by atoms with E-state index >= 15 is 0 Å². The molecule has 1 aromatic heterocycles. The zero-order valence-corrected chi connectivity index (χ0v) is 12.5. The third-order valence-electron chi connectivity index (χ3n) is 4.77. The fourth-order valence-corrected chi connectivity index (χ4v) is 3.21. The van der Waals surface area contributed by atoms with Gasteiger partial charge in [0.15, 0.2) is 0 Å². The van der Waals surface area contributed by atoms with Crippen molar-refractivity contribution in [1.82, 2.24) is 5.32 Å². The van der Waals surface area contributed by atoms with Gasteiger partial charge in [0.25, 0.3) is 0 Å². The summed E-state index contributed by atoms with van der Waals surface area (Å²) in [6, 6.07) is 3.90. The standard InChI is InChI=1S/C17H23NO3/c1-12-10-14(12)15-6-4-13(21-15)5-7-16(20)18-17(11-19)8-2-3-9-17/h4-7,12,14,19H,2-3,8-11H2,1H3,(H,18,20). The summed E-state index contributed by atoms with van der Waals surface area (Å²) < 4.78 is 5.73. The number of rotatable bonds is 5. The van der Waals surface area contributed by atoms with Crippen LogP contribution in [0.25, 0.3) is 6.08 Å². The molecule has 3 rings (SSSR count). The van der Waals surface area contributed by atoms with E-state index in [9.17, 15) is 9.90 Å². The highest BCUT2D eigenvalue weighted by Gasteiger charge is 2.36. The van der Waals surface area contributed by atoms with E-state index in [1.54, 1.807) is 6.08 Å². The lowest BCUT2D eigenvalue weighted by atomic mass is 9.99. The normalized spacial score (nSPS) is 27.1. The van der Waals surface area contributed by atoms with Crippen LogP contribution in [-0.2, 0) is 4.79 Å². The molecule has 0 saturated heterocycles. The molecule has 2 fully saturated rings. The highest BCUT2D eigenvalue weighted by atomic mass is 16.3. The molecule has 2 unspecified atom stereocenters. The Labute approximate surface area is 125 Å². The Kier molecular flexibility index (Phi) is 3.89. The van der Waals surface area contributed by atoms with Gasteiger partial charge < -0.3 is 14.8 Å². The largest absolute Gasteiger partial charge is 0.461 e. The highest BCUT2D eigenvalue weighted by Crippen LogP contribution is 2.47. The predicted molar refractivity (Wildman–Crippen MR) is 80.7 cm³/mol. The van der Waals surface area contributed by atoms with Gasteiger partial charge in [-0.05, 0) is 43.4 Å². The molecule has 2 atom stereocenters. The lowest BCUT2D eigenvalue weighted by Gasteiger charge is -2.27. The number of aliphatic hydroxyl groups is 1. The summed E-state index contributed by atoms with van der Waals surface area (Å²) in [5.74, 6) is 2.83. The average molecular weight is 289 g/mol. The van der Waals surface area contributed by atoms with Crippen LogP contribution in [0.3, 0.4) is 0 Å². The van der Waals surface area contributed by atoms with E-state index in [4.69, 9.17) is 4.42 Å². The quantitative estimate of drug-likeness (QED) is 0.819. The lowest BCUT2D eigenvalue weighted by molar-refractivity contribution is -0.118. The Morgan fingerprint density at radius 2 is 2.19 bits per heavy atom. The van der Waals surface area contributed by atoms with Crippen molar-refractivity contribution in [2.45, 2.75) is 50.5 Å². The van der Waals surface area contributed by atoms with Crippen LogP contribution in [0.1, 0.15) is 56.5 Å². The maximum absolute atomic E-state index is 12.0. The summed E-state index contributed by atoms with van der Waals surface area (Å²) in [6.07, 6.45) is 8.22. The van der Waals surface area contributed by atoms with Crippen LogP contribution < -0.4 is 5.32 Å². The second kappa shape index (κ2) is 5.68. The first-order valence-electron chi connectivity index (χ1n) is 7.83. The molecular formula is C17H23NO3. The molecular weight excluding hydrogens is 266 g/mol. The Morgan fingerprint density at radius 1 is 1.48 bits per heavy atom. The first-order chi connectivity index (χ1) is 10.1. The third kappa shape index (κ3) is 3.21. The van der Waals surface area contributed by atoms with Gasteiger partial charge in [-0.3, -0.25) is 4.79 Å². The summed E-state index contributed by atoms with van der Waals surface area (Å²) in [7, 11) is 0. The van der Waals surface area contributed by atoms with Crippen molar-refractivity contribution in [3.05, 3.63) is 29.7 Å². The summed E-state index contributed by atoms with van der Waals surface area (Å²) in [4.78, 5) is 12.0. The number of nitrogens with one attached hydrogen (secondary N) is 1. The minimum Gasteiger partial charge on any atom is -0.461 e. The molecule has 2 saturated carbocycles. The molecule has 2 N–H and O–H groups in total.